The number of carbonyl (C=O) groups is 2. The Hall–Kier alpha value is -3.41. The number of hydrogen-bond donors (Lipinski definition) is 0. The molecule has 0 bridgehead atoms. The smallest absolute Gasteiger partial charge is 0.342 e. The van der Waals surface area contributed by atoms with Gasteiger partial charge < -0.3 is 9.64 Å². The molecule has 2 aromatic carbocycles. The molecular formula is C23H23N3O3. The first kappa shape index (κ1) is 18.9. The number of hydrogen-bond acceptors (Lipinski definition) is 4. The van der Waals surface area contributed by atoms with E-state index in [0.717, 1.165) is 37.1 Å². The van der Waals surface area contributed by atoms with E-state index in [0.29, 0.717) is 17.8 Å². The van der Waals surface area contributed by atoms with Crippen LogP contribution < -0.4 is 0 Å². The van der Waals surface area contributed by atoms with Crippen LogP contribution in [0.3, 0.4) is 0 Å². The SMILES string of the molecule is O=C(OCC(=O)N1CCCC1)c1cn(Cc2ccccc2)nc1-c1ccccc1. The molecule has 6 nitrogen and oxygen atoms in total. The largest absolute Gasteiger partial charge is 0.452 e. The molecule has 0 aliphatic carbocycles. The van der Waals surface area contributed by atoms with Crippen molar-refractivity contribution in [1.29, 1.82) is 0 Å². The Morgan fingerprint density at radius 1 is 0.931 bits per heavy atom. The number of carbonyl (C=O) groups excluding carboxylic acids is 2. The van der Waals surface area contributed by atoms with Gasteiger partial charge in [0.1, 0.15) is 11.3 Å². The van der Waals surface area contributed by atoms with Crippen molar-refractivity contribution in [1.82, 2.24) is 14.7 Å². The van der Waals surface area contributed by atoms with Crippen molar-refractivity contribution in [2.75, 3.05) is 19.7 Å². The summed E-state index contributed by atoms with van der Waals surface area (Å²) in [5.74, 6) is -0.676. The minimum atomic E-state index is -0.532. The Kier molecular flexibility index (Phi) is 5.70. The second kappa shape index (κ2) is 8.73. The zero-order chi connectivity index (χ0) is 20.1. The lowest BCUT2D eigenvalue weighted by Crippen LogP contribution is -2.32. The molecule has 148 valence electrons. The van der Waals surface area contributed by atoms with Crippen molar-refractivity contribution < 1.29 is 14.3 Å². The van der Waals surface area contributed by atoms with E-state index >= 15 is 0 Å². The van der Waals surface area contributed by atoms with Crippen molar-refractivity contribution >= 4 is 11.9 Å². The molecule has 2 heterocycles. The number of likely N-dealkylation sites (tertiary alicyclic amines) is 1. The Bertz CT molecular complexity index is 977. The van der Waals surface area contributed by atoms with Crippen LogP contribution in [-0.4, -0.2) is 46.3 Å². The fourth-order valence-corrected chi connectivity index (χ4v) is 3.49. The van der Waals surface area contributed by atoms with Crippen LogP contribution in [0.5, 0.6) is 0 Å². The van der Waals surface area contributed by atoms with E-state index in [1.807, 2.05) is 60.7 Å². The van der Waals surface area contributed by atoms with Crippen LogP contribution in [0, 0.1) is 0 Å². The van der Waals surface area contributed by atoms with E-state index in [4.69, 9.17) is 4.74 Å². The zero-order valence-corrected chi connectivity index (χ0v) is 16.2. The molecule has 0 radical (unpaired) electrons. The standard InChI is InChI=1S/C23H23N3O3/c27-21(25-13-7-8-14-25)17-29-23(28)20-16-26(15-18-9-3-1-4-10-18)24-22(20)19-11-5-2-6-12-19/h1-6,9-12,16H,7-8,13-15,17H2. The maximum Gasteiger partial charge on any atom is 0.342 e. The molecule has 0 unspecified atom stereocenters. The van der Waals surface area contributed by atoms with Crippen molar-refractivity contribution in [2.24, 2.45) is 0 Å². The summed E-state index contributed by atoms with van der Waals surface area (Å²) in [5.41, 5.74) is 2.83. The summed E-state index contributed by atoms with van der Waals surface area (Å²) in [6.45, 7) is 1.78. The van der Waals surface area contributed by atoms with Gasteiger partial charge in [-0.25, -0.2) is 4.79 Å². The van der Waals surface area contributed by atoms with Crippen LogP contribution in [0.4, 0.5) is 0 Å². The van der Waals surface area contributed by atoms with Crippen molar-refractivity contribution in [3.63, 3.8) is 0 Å². The number of rotatable bonds is 6. The Balaban J connectivity index is 1.55. The number of nitrogens with zero attached hydrogens (tertiary/aromatic N) is 3. The predicted molar refractivity (Wildman–Crippen MR) is 109 cm³/mol. The highest BCUT2D eigenvalue weighted by Gasteiger charge is 2.23. The maximum absolute atomic E-state index is 12.8. The summed E-state index contributed by atoms with van der Waals surface area (Å²) in [4.78, 5) is 26.7. The number of benzene rings is 2. The summed E-state index contributed by atoms with van der Waals surface area (Å²) >= 11 is 0. The summed E-state index contributed by atoms with van der Waals surface area (Å²) < 4.78 is 7.08. The quantitative estimate of drug-likeness (QED) is 0.607. The molecule has 1 fully saturated rings. The summed E-state index contributed by atoms with van der Waals surface area (Å²) in [6.07, 6.45) is 3.70. The van der Waals surface area contributed by atoms with Gasteiger partial charge in [0.2, 0.25) is 0 Å². The fraction of sp³-hybridized carbons (Fsp3) is 0.261. The van der Waals surface area contributed by atoms with E-state index in [9.17, 15) is 9.59 Å². The summed E-state index contributed by atoms with van der Waals surface area (Å²) in [6, 6.07) is 19.4. The van der Waals surface area contributed by atoms with Gasteiger partial charge in [-0.1, -0.05) is 60.7 Å². The molecule has 0 saturated carbocycles. The van der Waals surface area contributed by atoms with E-state index < -0.39 is 5.97 Å². The third-order valence-electron chi connectivity index (χ3n) is 5.00. The molecule has 1 aliphatic heterocycles. The van der Waals surface area contributed by atoms with Gasteiger partial charge in [-0.05, 0) is 18.4 Å². The molecule has 1 aliphatic rings. The van der Waals surface area contributed by atoms with Gasteiger partial charge >= 0.3 is 5.97 Å². The number of ether oxygens (including phenoxy) is 1. The highest BCUT2D eigenvalue weighted by molar-refractivity contribution is 5.97. The van der Waals surface area contributed by atoms with Gasteiger partial charge in [0.05, 0.1) is 6.54 Å². The lowest BCUT2D eigenvalue weighted by Gasteiger charge is -2.14. The minimum absolute atomic E-state index is 0.145. The number of amides is 1. The van der Waals surface area contributed by atoms with Gasteiger partial charge in [-0.2, -0.15) is 5.10 Å². The van der Waals surface area contributed by atoms with Gasteiger partial charge in [0.15, 0.2) is 6.61 Å². The normalized spacial score (nSPS) is 13.4. The molecule has 29 heavy (non-hydrogen) atoms. The van der Waals surface area contributed by atoms with Crippen molar-refractivity contribution in [3.8, 4) is 11.3 Å². The van der Waals surface area contributed by atoms with Gasteiger partial charge in [0.25, 0.3) is 5.91 Å². The third kappa shape index (κ3) is 4.54. The third-order valence-corrected chi connectivity index (χ3v) is 5.00. The topological polar surface area (TPSA) is 64.4 Å². The number of aromatic nitrogens is 2. The van der Waals surface area contributed by atoms with Crippen molar-refractivity contribution in [3.05, 3.63) is 78.0 Å². The van der Waals surface area contributed by atoms with Gasteiger partial charge in [-0.15, -0.1) is 0 Å². The molecule has 4 rings (SSSR count). The highest BCUT2D eigenvalue weighted by atomic mass is 16.5. The van der Waals surface area contributed by atoms with E-state index in [1.165, 1.54) is 0 Å². The van der Waals surface area contributed by atoms with Crippen LogP contribution in [0.1, 0.15) is 28.8 Å². The average molecular weight is 389 g/mol. The van der Waals surface area contributed by atoms with Crippen molar-refractivity contribution in [2.45, 2.75) is 19.4 Å². The summed E-state index contributed by atoms with van der Waals surface area (Å²) in [7, 11) is 0. The molecular weight excluding hydrogens is 366 g/mol. The lowest BCUT2D eigenvalue weighted by atomic mass is 10.1. The molecule has 0 spiro atoms. The highest BCUT2D eigenvalue weighted by Crippen LogP contribution is 2.23. The van der Waals surface area contributed by atoms with Crippen LogP contribution >= 0.6 is 0 Å². The zero-order valence-electron chi connectivity index (χ0n) is 16.2. The Morgan fingerprint density at radius 3 is 2.28 bits per heavy atom. The van der Waals surface area contributed by atoms with Gasteiger partial charge in [0, 0.05) is 24.8 Å². The van der Waals surface area contributed by atoms with Crippen LogP contribution in [0.25, 0.3) is 11.3 Å². The van der Waals surface area contributed by atoms with E-state index in [1.54, 1.807) is 15.8 Å². The maximum atomic E-state index is 12.8. The molecule has 1 amide bonds. The van der Waals surface area contributed by atoms with Crippen LogP contribution in [0.2, 0.25) is 0 Å². The average Bonchev–Trinajstić information content (AvgIpc) is 3.44. The minimum Gasteiger partial charge on any atom is -0.452 e. The van der Waals surface area contributed by atoms with Crippen LogP contribution in [0.15, 0.2) is 66.9 Å². The first-order valence-electron chi connectivity index (χ1n) is 9.82. The lowest BCUT2D eigenvalue weighted by molar-refractivity contribution is -0.133. The number of esters is 1. The monoisotopic (exact) mass is 389 g/mol. The molecule has 3 aromatic rings. The summed E-state index contributed by atoms with van der Waals surface area (Å²) in [5, 5.41) is 4.62. The van der Waals surface area contributed by atoms with Crippen LogP contribution in [-0.2, 0) is 16.1 Å². The Labute approximate surface area is 169 Å². The fourth-order valence-electron chi connectivity index (χ4n) is 3.49. The molecule has 6 heteroatoms. The Morgan fingerprint density at radius 2 is 1.59 bits per heavy atom. The predicted octanol–water partition coefficient (Wildman–Crippen LogP) is 3.38. The first-order chi connectivity index (χ1) is 14.2. The second-order valence-corrected chi connectivity index (χ2v) is 7.10. The molecule has 0 atom stereocenters. The molecule has 1 aromatic heterocycles. The van der Waals surface area contributed by atoms with E-state index in [2.05, 4.69) is 5.10 Å². The van der Waals surface area contributed by atoms with Gasteiger partial charge in [-0.3, -0.25) is 9.48 Å². The molecule has 0 N–H and O–H groups in total. The van der Waals surface area contributed by atoms with E-state index in [-0.39, 0.29) is 12.5 Å². The molecule has 1 saturated heterocycles. The first-order valence-corrected chi connectivity index (χ1v) is 9.82. The second-order valence-electron chi connectivity index (χ2n) is 7.10.